The minimum Gasteiger partial charge on any atom is -0.390 e. The summed E-state index contributed by atoms with van der Waals surface area (Å²) in [7, 11) is 0. The zero-order valence-electron chi connectivity index (χ0n) is 7.67. The van der Waals surface area contributed by atoms with E-state index < -0.39 is 18.2 Å². The number of alkyl halides is 2. The van der Waals surface area contributed by atoms with Gasteiger partial charge in [0.1, 0.15) is 12.3 Å². The minimum atomic E-state index is -3.22. The summed E-state index contributed by atoms with van der Waals surface area (Å²) in [6.07, 6.45) is 1.26. The minimum absolute atomic E-state index is 0.400. The first-order valence-electron chi connectivity index (χ1n) is 4.07. The molecule has 0 radical (unpaired) electrons. The lowest BCUT2D eigenvalue weighted by atomic mass is 10.2. The maximum atomic E-state index is 12.6. The molecule has 0 bridgehead atoms. The molecule has 1 N–H and O–H groups in total. The lowest BCUT2D eigenvalue weighted by Gasteiger charge is -2.10. The fraction of sp³-hybridized carbons (Fsp3) is 0.444. The standard InChI is InChI=1S/C7H7F2NO.C2H6/c8-7(9,5-11)6-3-1-2-4-10-6;1-2/h1-4,11H,5H2;1-2H3. The summed E-state index contributed by atoms with van der Waals surface area (Å²) in [5, 5.41) is 8.26. The monoisotopic (exact) mass is 189 g/mol. The SMILES string of the molecule is CC.OCC(F)(F)c1ccccn1. The van der Waals surface area contributed by atoms with Crippen LogP contribution >= 0.6 is 0 Å². The van der Waals surface area contributed by atoms with Crippen molar-refractivity contribution in [2.24, 2.45) is 0 Å². The van der Waals surface area contributed by atoms with Crippen LogP contribution < -0.4 is 0 Å². The van der Waals surface area contributed by atoms with Crippen LogP contribution in [0.3, 0.4) is 0 Å². The number of hydrogen-bond donors (Lipinski definition) is 1. The van der Waals surface area contributed by atoms with Gasteiger partial charge in [-0.3, -0.25) is 4.98 Å². The van der Waals surface area contributed by atoms with Gasteiger partial charge in [-0.2, -0.15) is 8.78 Å². The summed E-state index contributed by atoms with van der Waals surface area (Å²) in [4.78, 5) is 3.41. The van der Waals surface area contributed by atoms with Crippen molar-refractivity contribution in [3.63, 3.8) is 0 Å². The van der Waals surface area contributed by atoms with Crippen LogP contribution in [0.25, 0.3) is 0 Å². The predicted octanol–water partition coefficient (Wildman–Crippen LogP) is 2.19. The van der Waals surface area contributed by atoms with Gasteiger partial charge in [0.05, 0.1) is 0 Å². The molecule has 2 nitrogen and oxygen atoms in total. The Bertz CT molecular complexity index is 226. The van der Waals surface area contributed by atoms with E-state index in [0.29, 0.717) is 0 Å². The van der Waals surface area contributed by atoms with Gasteiger partial charge in [0, 0.05) is 6.20 Å². The fourth-order valence-corrected chi connectivity index (χ4v) is 0.660. The van der Waals surface area contributed by atoms with Crippen LogP contribution in [0.1, 0.15) is 19.5 Å². The summed E-state index contributed by atoms with van der Waals surface area (Å²) >= 11 is 0. The van der Waals surface area contributed by atoms with E-state index in [-0.39, 0.29) is 0 Å². The van der Waals surface area contributed by atoms with Gasteiger partial charge in [-0.05, 0) is 12.1 Å². The molecule has 0 atom stereocenters. The quantitative estimate of drug-likeness (QED) is 0.773. The number of nitrogens with zero attached hydrogens (tertiary/aromatic N) is 1. The molecule has 0 saturated carbocycles. The largest absolute Gasteiger partial charge is 0.390 e. The molecular weight excluding hydrogens is 176 g/mol. The second-order valence-electron chi connectivity index (χ2n) is 2.08. The first-order valence-corrected chi connectivity index (χ1v) is 4.07. The van der Waals surface area contributed by atoms with Gasteiger partial charge < -0.3 is 5.11 Å². The van der Waals surface area contributed by atoms with Crippen LogP contribution in [0.5, 0.6) is 0 Å². The van der Waals surface area contributed by atoms with Crippen LogP contribution in [0.2, 0.25) is 0 Å². The molecule has 0 aliphatic heterocycles. The summed E-state index contributed by atoms with van der Waals surface area (Å²) in [6.45, 7) is 2.80. The lowest BCUT2D eigenvalue weighted by molar-refractivity contribution is -0.0592. The molecule has 1 aromatic heterocycles. The van der Waals surface area contributed by atoms with Crippen LogP contribution in [0, 0.1) is 0 Å². The number of halogens is 2. The van der Waals surface area contributed by atoms with Gasteiger partial charge in [-0.15, -0.1) is 0 Å². The summed E-state index contributed by atoms with van der Waals surface area (Å²) in [5.74, 6) is -3.22. The molecule has 4 heteroatoms. The van der Waals surface area contributed by atoms with E-state index in [0.717, 1.165) is 0 Å². The summed E-state index contributed by atoms with van der Waals surface area (Å²) < 4.78 is 25.1. The van der Waals surface area contributed by atoms with Crippen molar-refractivity contribution in [1.29, 1.82) is 0 Å². The molecule has 0 amide bonds. The third-order valence-electron chi connectivity index (χ3n) is 1.24. The maximum Gasteiger partial charge on any atom is 0.312 e. The van der Waals surface area contributed by atoms with Crippen molar-refractivity contribution in [3.8, 4) is 0 Å². The highest BCUT2D eigenvalue weighted by Gasteiger charge is 2.31. The van der Waals surface area contributed by atoms with Crippen LogP contribution in [0.15, 0.2) is 24.4 Å². The van der Waals surface area contributed by atoms with Crippen molar-refractivity contribution in [1.82, 2.24) is 4.98 Å². The molecule has 0 unspecified atom stereocenters. The van der Waals surface area contributed by atoms with E-state index in [9.17, 15) is 8.78 Å². The highest BCUT2D eigenvalue weighted by Crippen LogP contribution is 2.24. The predicted molar refractivity (Wildman–Crippen MR) is 46.6 cm³/mol. The molecule has 0 aliphatic carbocycles. The van der Waals surface area contributed by atoms with Crippen LogP contribution in [-0.4, -0.2) is 16.7 Å². The van der Waals surface area contributed by atoms with Crippen molar-refractivity contribution in [2.75, 3.05) is 6.61 Å². The molecule has 0 aliphatic rings. The molecule has 1 aromatic rings. The molecule has 1 heterocycles. The first-order chi connectivity index (χ1) is 6.17. The Balaban J connectivity index is 0.000000671. The van der Waals surface area contributed by atoms with Gasteiger partial charge in [0.15, 0.2) is 0 Å². The Morgan fingerprint density at radius 1 is 1.38 bits per heavy atom. The molecule has 74 valence electrons. The van der Waals surface area contributed by atoms with Crippen molar-refractivity contribution in [3.05, 3.63) is 30.1 Å². The summed E-state index contributed by atoms with van der Waals surface area (Å²) in [6, 6.07) is 4.17. The van der Waals surface area contributed by atoms with Crippen molar-refractivity contribution in [2.45, 2.75) is 19.8 Å². The molecule has 0 aromatic carbocycles. The average Bonchev–Trinajstić information content (AvgIpc) is 2.22. The molecule has 0 fully saturated rings. The second-order valence-corrected chi connectivity index (χ2v) is 2.08. The number of aliphatic hydroxyl groups excluding tert-OH is 1. The topological polar surface area (TPSA) is 33.1 Å². The number of aromatic nitrogens is 1. The van der Waals surface area contributed by atoms with Crippen molar-refractivity contribution < 1.29 is 13.9 Å². The van der Waals surface area contributed by atoms with Gasteiger partial charge in [0.2, 0.25) is 0 Å². The van der Waals surface area contributed by atoms with E-state index in [2.05, 4.69) is 4.98 Å². The smallest absolute Gasteiger partial charge is 0.312 e. The Kier molecular flexibility index (Phi) is 5.14. The van der Waals surface area contributed by atoms with Gasteiger partial charge in [-0.1, -0.05) is 19.9 Å². The molecular formula is C9H13F2NO. The fourth-order valence-electron chi connectivity index (χ4n) is 0.660. The molecule has 1 rings (SSSR count). The van der Waals surface area contributed by atoms with Gasteiger partial charge >= 0.3 is 5.92 Å². The van der Waals surface area contributed by atoms with Crippen LogP contribution in [-0.2, 0) is 5.92 Å². The number of aliphatic hydroxyl groups is 1. The van der Waals surface area contributed by atoms with E-state index >= 15 is 0 Å². The Morgan fingerprint density at radius 3 is 2.38 bits per heavy atom. The van der Waals surface area contributed by atoms with E-state index in [4.69, 9.17) is 5.11 Å². The zero-order chi connectivity index (χ0) is 10.3. The number of hydrogen-bond acceptors (Lipinski definition) is 2. The molecule has 0 spiro atoms. The second kappa shape index (κ2) is 5.59. The van der Waals surface area contributed by atoms with Gasteiger partial charge in [-0.25, -0.2) is 0 Å². The summed E-state index contributed by atoms with van der Waals surface area (Å²) in [5.41, 5.74) is -0.400. The van der Waals surface area contributed by atoms with E-state index in [1.165, 1.54) is 24.4 Å². The van der Waals surface area contributed by atoms with Crippen LogP contribution in [0.4, 0.5) is 8.78 Å². The Morgan fingerprint density at radius 2 is 2.00 bits per heavy atom. The average molecular weight is 189 g/mol. The third kappa shape index (κ3) is 3.46. The van der Waals surface area contributed by atoms with Gasteiger partial charge in [0.25, 0.3) is 0 Å². The third-order valence-corrected chi connectivity index (χ3v) is 1.24. The maximum absolute atomic E-state index is 12.6. The molecule has 0 saturated heterocycles. The zero-order valence-corrected chi connectivity index (χ0v) is 7.67. The number of rotatable bonds is 2. The van der Waals surface area contributed by atoms with Crippen molar-refractivity contribution >= 4 is 0 Å². The van der Waals surface area contributed by atoms with E-state index in [1.807, 2.05) is 13.8 Å². The Labute approximate surface area is 76.2 Å². The normalized spacial score (nSPS) is 10.2. The number of pyridine rings is 1. The molecule has 13 heavy (non-hydrogen) atoms. The first kappa shape index (κ1) is 12.0. The Hall–Kier alpha value is -1.03. The highest BCUT2D eigenvalue weighted by molar-refractivity contribution is 5.09. The highest BCUT2D eigenvalue weighted by atomic mass is 19.3. The lowest BCUT2D eigenvalue weighted by Crippen LogP contribution is -2.19. The van der Waals surface area contributed by atoms with E-state index in [1.54, 1.807) is 0 Å².